The van der Waals surface area contributed by atoms with Crippen LogP contribution in [0.2, 0.25) is 5.02 Å². The van der Waals surface area contributed by atoms with Crippen molar-refractivity contribution >= 4 is 34.8 Å². The van der Waals surface area contributed by atoms with Gasteiger partial charge in [-0.25, -0.2) is 0 Å². The zero-order valence-corrected chi connectivity index (χ0v) is 11.5. The number of carbonyl (C=O) groups excluding carboxylic acids is 1. The molecule has 1 heterocycles. The second-order valence-corrected chi connectivity index (χ2v) is 6.06. The van der Waals surface area contributed by atoms with E-state index in [0.29, 0.717) is 22.7 Å². The number of hydrogen-bond acceptors (Lipinski definition) is 3. The zero-order valence-electron chi connectivity index (χ0n) is 9.90. The van der Waals surface area contributed by atoms with Gasteiger partial charge in [0.25, 0.3) is 5.91 Å². The number of halogens is 1. The molecule has 18 heavy (non-hydrogen) atoms. The van der Waals surface area contributed by atoms with Crippen LogP contribution in [0.5, 0.6) is 0 Å². The lowest BCUT2D eigenvalue weighted by Crippen LogP contribution is -2.46. The van der Waals surface area contributed by atoms with Gasteiger partial charge in [0.2, 0.25) is 0 Å². The van der Waals surface area contributed by atoms with Crippen LogP contribution in [0.15, 0.2) is 11.4 Å². The molecule has 98 valence electrons. The molecule has 6 heteroatoms. The highest BCUT2D eigenvalue weighted by Crippen LogP contribution is 2.38. The third-order valence-corrected chi connectivity index (χ3v) is 4.92. The van der Waals surface area contributed by atoms with Gasteiger partial charge in [0.1, 0.15) is 4.88 Å². The minimum Gasteiger partial charge on any atom is -0.481 e. The summed E-state index contributed by atoms with van der Waals surface area (Å²) in [5, 5.41) is 14.2. The van der Waals surface area contributed by atoms with E-state index < -0.39 is 11.4 Å². The van der Waals surface area contributed by atoms with Gasteiger partial charge >= 0.3 is 5.97 Å². The molecule has 1 aliphatic carbocycles. The van der Waals surface area contributed by atoms with E-state index in [0.717, 1.165) is 6.42 Å². The normalized spacial score (nSPS) is 27.1. The van der Waals surface area contributed by atoms with Crippen molar-refractivity contribution in [1.29, 1.82) is 0 Å². The van der Waals surface area contributed by atoms with E-state index in [4.69, 9.17) is 11.6 Å². The minimum atomic E-state index is -0.876. The number of hydrogen-bond donors (Lipinski definition) is 2. The van der Waals surface area contributed by atoms with Crippen molar-refractivity contribution in [3.05, 3.63) is 21.3 Å². The van der Waals surface area contributed by atoms with Crippen molar-refractivity contribution in [2.24, 2.45) is 5.41 Å². The van der Waals surface area contributed by atoms with Crippen molar-refractivity contribution in [2.75, 3.05) is 0 Å². The summed E-state index contributed by atoms with van der Waals surface area (Å²) in [5.74, 6) is -1.14. The first kappa shape index (κ1) is 13.4. The monoisotopic (exact) mass is 287 g/mol. The van der Waals surface area contributed by atoms with E-state index in [1.165, 1.54) is 11.3 Å². The van der Waals surface area contributed by atoms with Crippen molar-refractivity contribution in [3.63, 3.8) is 0 Å². The number of amides is 1. The van der Waals surface area contributed by atoms with Crippen molar-refractivity contribution in [3.8, 4) is 0 Å². The number of nitrogens with one attached hydrogen (secondary N) is 1. The highest BCUT2D eigenvalue weighted by Gasteiger charge is 2.46. The second kappa shape index (κ2) is 4.90. The number of carbonyl (C=O) groups is 2. The van der Waals surface area contributed by atoms with Crippen LogP contribution >= 0.6 is 22.9 Å². The highest BCUT2D eigenvalue weighted by molar-refractivity contribution is 7.12. The predicted molar refractivity (Wildman–Crippen MR) is 70.2 cm³/mol. The van der Waals surface area contributed by atoms with Crippen LogP contribution in [0.3, 0.4) is 0 Å². The van der Waals surface area contributed by atoms with Gasteiger partial charge < -0.3 is 10.4 Å². The molecule has 0 aliphatic heterocycles. The average Bonchev–Trinajstić information content (AvgIpc) is 2.87. The van der Waals surface area contributed by atoms with Crippen LogP contribution in [0.25, 0.3) is 0 Å². The first-order valence-electron chi connectivity index (χ1n) is 5.72. The molecule has 1 amide bonds. The lowest BCUT2D eigenvalue weighted by Gasteiger charge is -2.27. The molecule has 2 rings (SSSR count). The maximum absolute atomic E-state index is 12.0. The molecular weight excluding hydrogens is 274 g/mol. The van der Waals surface area contributed by atoms with Gasteiger partial charge in [-0.05, 0) is 31.2 Å². The van der Waals surface area contributed by atoms with Crippen LogP contribution in [-0.2, 0) is 4.79 Å². The molecule has 2 unspecified atom stereocenters. The van der Waals surface area contributed by atoms with Gasteiger partial charge in [-0.2, -0.15) is 0 Å². The summed E-state index contributed by atoms with van der Waals surface area (Å²) in [4.78, 5) is 23.7. The maximum atomic E-state index is 12.0. The quantitative estimate of drug-likeness (QED) is 0.898. The standard InChI is InChI=1S/C12H14ClNO3S/c1-12(11(16)17)5-2-3-8(12)14-10(15)9-7(13)4-6-18-9/h4,6,8H,2-3,5H2,1H3,(H,14,15)(H,16,17). The van der Waals surface area contributed by atoms with Crippen LogP contribution in [0.4, 0.5) is 0 Å². The Kier molecular flexibility index (Phi) is 3.64. The van der Waals surface area contributed by atoms with Gasteiger partial charge in [-0.15, -0.1) is 11.3 Å². The topological polar surface area (TPSA) is 66.4 Å². The summed E-state index contributed by atoms with van der Waals surface area (Å²) in [6.45, 7) is 1.68. The van der Waals surface area contributed by atoms with Crippen LogP contribution in [0.1, 0.15) is 35.9 Å². The Morgan fingerprint density at radius 3 is 2.89 bits per heavy atom. The van der Waals surface area contributed by atoms with Crippen molar-refractivity contribution in [1.82, 2.24) is 5.32 Å². The van der Waals surface area contributed by atoms with E-state index in [2.05, 4.69) is 5.32 Å². The SMILES string of the molecule is CC1(C(=O)O)CCCC1NC(=O)c1sccc1Cl. The van der Waals surface area contributed by atoms with Crippen LogP contribution in [-0.4, -0.2) is 23.0 Å². The largest absolute Gasteiger partial charge is 0.481 e. The Balaban J connectivity index is 2.13. The summed E-state index contributed by atoms with van der Waals surface area (Å²) in [6.07, 6.45) is 2.09. The van der Waals surface area contributed by atoms with Crippen LogP contribution in [0, 0.1) is 5.41 Å². The number of aliphatic carboxylic acids is 1. The fraction of sp³-hybridized carbons (Fsp3) is 0.500. The third kappa shape index (κ3) is 2.24. The molecule has 2 atom stereocenters. The fourth-order valence-electron chi connectivity index (χ4n) is 2.33. The van der Waals surface area contributed by atoms with E-state index in [1.54, 1.807) is 18.4 Å². The summed E-state index contributed by atoms with van der Waals surface area (Å²) in [6, 6.07) is 1.33. The maximum Gasteiger partial charge on any atom is 0.311 e. The molecule has 0 bridgehead atoms. The fourth-order valence-corrected chi connectivity index (χ4v) is 3.38. The number of thiophene rings is 1. The van der Waals surface area contributed by atoms with Crippen molar-refractivity contribution in [2.45, 2.75) is 32.2 Å². The molecule has 1 aromatic heterocycles. The summed E-state index contributed by atoms with van der Waals surface area (Å²) in [5.41, 5.74) is -0.876. The van der Waals surface area contributed by atoms with Gasteiger partial charge in [0.05, 0.1) is 10.4 Å². The summed E-state index contributed by atoms with van der Waals surface area (Å²) < 4.78 is 0. The van der Waals surface area contributed by atoms with E-state index in [1.807, 2.05) is 0 Å². The molecule has 0 aromatic carbocycles. The van der Waals surface area contributed by atoms with Gasteiger partial charge in [-0.1, -0.05) is 18.0 Å². The molecule has 1 aliphatic rings. The molecular formula is C12H14ClNO3S. The van der Waals surface area contributed by atoms with E-state index in [-0.39, 0.29) is 11.9 Å². The Hall–Kier alpha value is -1.07. The zero-order chi connectivity index (χ0) is 13.3. The average molecular weight is 288 g/mol. The van der Waals surface area contributed by atoms with E-state index >= 15 is 0 Å². The Morgan fingerprint density at radius 2 is 2.33 bits per heavy atom. The van der Waals surface area contributed by atoms with Crippen LogP contribution < -0.4 is 5.32 Å². The predicted octanol–water partition coefficient (Wildman–Crippen LogP) is 2.77. The van der Waals surface area contributed by atoms with Crippen molar-refractivity contribution < 1.29 is 14.7 Å². The molecule has 1 fully saturated rings. The number of carboxylic acids is 1. The first-order valence-corrected chi connectivity index (χ1v) is 6.98. The summed E-state index contributed by atoms with van der Waals surface area (Å²) in [7, 11) is 0. The molecule has 1 aromatic rings. The molecule has 0 radical (unpaired) electrons. The lowest BCUT2D eigenvalue weighted by atomic mass is 9.85. The first-order chi connectivity index (χ1) is 8.45. The third-order valence-electron chi connectivity index (χ3n) is 3.58. The van der Waals surface area contributed by atoms with Gasteiger partial charge in [0.15, 0.2) is 0 Å². The molecule has 0 spiro atoms. The molecule has 4 nitrogen and oxygen atoms in total. The molecule has 2 N–H and O–H groups in total. The van der Waals surface area contributed by atoms with Gasteiger partial charge in [0, 0.05) is 6.04 Å². The Morgan fingerprint density at radius 1 is 1.61 bits per heavy atom. The molecule has 1 saturated carbocycles. The Labute approximate surface area is 114 Å². The number of carboxylic acid groups (broad SMARTS) is 1. The van der Waals surface area contributed by atoms with E-state index in [9.17, 15) is 14.7 Å². The number of rotatable bonds is 3. The van der Waals surface area contributed by atoms with Gasteiger partial charge in [-0.3, -0.25) is 9.59 Å². The minimum absolute atomic E-state index is 0.283. The lowest BCUT2D eigenvalue weighted by molar-refractivity contribution is -0.148. The highest BCUT2D eigenvalue weighted by atomic mass is 35.5. The second-order valence-electron chi connectivity index (χ2n) is 4.74. The smallest absolute Gasteiger partial charge is 0.311 e. The Bertz CT molecular complexity index is 487. The molecule has 0 saturated heterocycles. The summed E-state index contributed by atoms with van der Waals surface area (Å²) >= 11 is 7.15.